The van der Waals surface area contributed by atoms with Gasteiger partial charge in [0.25, 0.3) is 0 Å². The van der Waals surface area contributed by atoms with Crippen LogP contribution in [0.2, 0.25) is 0 Å². The second-order valence-corrected chi connectivity index (χ2v) is 11.2. The van der Waals surface area contributed by atoms with Gasteiger partial charge in [0.1, 0.15) is 0 Å². The van der Waals surface area contributed by atoms with Gasteiger partial charge in [-0.15, -0.1) is 0 Å². The monoisotopic (exact) mass is 518 g/mol. The van der Waals surface area contributed by atoms with Crippen LogP contribution in [0, 0.1) is 0 Å². The summed E-state index contributed by atoms with van der Waals surface area (Å²) in [6, 6.07) is 17.9. The Labute approximate surface area is 157 Å². The quantitative estimate of drug-likeness (QED) is 0.322. The largest absolute Gasteiger partial charge is 0.0894 e. The van der Waals surface area contributed by atoms with E-state index >= 15 is 0 Å². The highest BCUT2D eigenvalue weighted by molar-refractivity contribution is 14.1. The van der Waals surface area contributed by atoms with Crippen molar-refractivity contribution in [3.8, 4) is 0 Å². The fraction of sp³-hybridized carbons (Fsp3) is 0.333. The van der Waals surface area contributed by atoms with Crippen molar-refractivity contribution in [3.05, 3.63) is 59.7 Å². The molecule has 2 aliphatic rings. The van der Waals surface area contributed by atoms with Crippen LogP contribution in [0.5, 0.6) is 0 Å². The molecule has 2 saturated carbocycles. The first-order chi connectivity index (χ1) is 10.1. The number of rotatable bonds is 4. The number of hydrogen-bond donors (Lipinski definition) is 0. The van der Waals surface area contributed by atoms with E-state index in [1.807, 2.05) is 11.8 Å². The molecule has 2 aromatic rings. The van der Waals surface area contributed by atoms with Crippen molar-refractivity contribution in [1.82, 2.24) is 0 Å². The van der Waals surface area contributed by atoms with E-state index in [2.05, 4.69) is 93.7 Å². The summed E-state index contributed by atoms with van der Waals surface area (Å²) in [5.74, 6) is 0. The lowest BCUT2D eigenvalue weighted by atomic mass is 10.1. The van der Waals surface area contributed by atoms with Crippen LogP contribution >= 0.6 is 56.9 Å². The molecule has 0 N–H and O–H groups in total. The van der Waals surface area contributed by atoms with E-state index in [1.165, 1.54) is 46.6 Å². The Morgan fingerprint density at radius 2 is 1.05 bits per heavy atom. The molecule has 0 aromatic heterocycles. The molecule has 2 aromatic carbocycles. The Hall–Kier alpha value is 0.250. The van der Waals surface area contributed by atoms with Gasteiger partial charge in [-0.2, -0.15) is 0 Å². The van der Waals surface area contributed by atoms with E-state index in [9.17, 15) is 0 Å². The lowest BCUT2D eigenvalue weighted by molar-refractivity contribution is 1.02. The Morgan fingerprint density at radius 3 is 1.43 bits per heavy atom. The maximum Gasteiger partial charge on any atom is 0.0482 e. The second-order valence-electron chi connectivity index (χ2n) is 6.02. The van der Waals surface area contributed by atoms with Crippen LogP contribution in [-0.2, 0) is 6.84 Å². The first-order valence-electron chi connectivity index (χ1n) is 7.36. The fourth-order valence-corrected chi connectivity index (χ4v) is 5.85. The van der Waals surface area contributed by atoms with Crippen molar-refractivity contribution in [2.75, 3.05) is 0 Å². The zero-order chi connectivity index (χ0) is 14.5. The molecular formula is C18H16I2S. The van der Waals surface area contributed by atoms with E-state index in [4.69, 9.17) is 0 Å². The van der Waals surface area contributed by atoms with Crippen molar-refractivity contribution < 1.29 is 0 Å². The zero-order valence-electron chi connectivity index (χ0n) is 11.6. The smallest absolute Gasteiger partial charge is 0.0482 e. The Balaban J connectivity index is 1.72. The van der Waals surface area contributed by atoms with Crippen molar-refractivity contribution in [2.24, 2.45) is 0 Å². The molecule has 0 bridgehead atoms. The van der Waals surface area contributed by atoms with Gasteiger partial charge in [0.15, 0.2) is 0 Å². The molecule has 0 heterocycles. The number of benzene rings is 2. The first kappa shape index (κ1) is 14.8. The van der Waals surface area contributed by atoms with E-state index in [0.29, 0.717) is 6.84 Å². The van der Waals surface area contributed by atoms with Gasteiger partial charge in [-0.05, 0) is 48.9 Å². The van der Waals surface area contributed by atoms with Crippen molar-refractivity contribution in [3.63, 3.8) is 0 Å². The van der Waals surface area contributed by atoms with Gasteiger partial charge >= 0.3 is 0 Å². The summed E-state index contributed by atoms with van der Waals surface area (Å²) < 4.78 is 0.801. The molecule has 2 aliphatic carbocycles. The highest BCUT2D eigenvalue weighted by atomic mass is 127. The van der Waals surface area contributed by atoms with Gasteiger partial charge in [-0.3, -0.25) is 0 Å². The minimum Gasteiger partial charge on any atom is -0.0894 e. The zero-order valence-corrected chi connectivity index (χ0v) is 16.7. The SMILES string of the molecule is IC1(c2ccccc2Sc2ccccc2C2(I)CC2)CC1. The minimum atomic E-state index is 0.401. The third-order valence-corrected chi connectivity index (χ3v) is 8.81. The van der Waals surface area contributed by atoms with Gasteiger partial charge in [0.2, 0.25) is 0 Å². The molecule has 0 amide bonds. The summed E-state index contributed by atoms with van der Waals surface area (Å²) in [5.41, 5.74) is 3.06. The summed E-state index contributed by atoms with van der Waals surface area (Å²) in [6.45, 7) is 0. The summed E-state index contributed by atoms with van der Waals surface area (Å²) in [6.07, 6.45) is 5.29. The van der Waals surface area contributed by atoms with E-state index in [0.717, 1.165) is 0 Å². The summed E-state index contributed by atoms with van der Waals surface area (Å²) >= 11 is 7.25. The predicted molar refractivity (Wildman–Crippen MR) is 107 cm³/mol. The predicted octanol–water partition coefficient (Wildman–Crippen LogP) is 6.69. The average molecular weight is 518 g/mol. The highest BCUT2D eigenvalue weighted by Crippen LogP contribution is 2.59. The molecule has 108 valence electrons. The van der Waals surface area contributed by atoms with Crippen molar-refractivity contribution in [2.45, 2.75) is 42.3 Å². The van der Waals surface area contributed by atoms with Gasteiger partial charge in [0.05, 0.1) is 0 Å². The van der Waals surface area contributed by atoms with Crippen LogP contribution in [0.1, 0.15) is 36.8 Å². The minimum absolute atomic E-state index is 0.401. The molecule has 0 nitrogen and oxygen atoms in total. The molecule has 0 atom stereocenters. The molecule has 0 radical (unpaired) electrons. The van der Waals surface area contributed by atoms with Gasteiger partial charge in [0, 0.05) is 16.6 Å². The summed E-state index contributed by atoms with van der Waals surface area (Å²) in [7, 11) is 0. The molecule has 0 unspecified atom stereocenters. The van der Waals surface area contributed by atoms with Crippen LogP contribution in [0.3, 0.4) is 0 Å². The summed E-state index contributed by atoms with van der Waals surface area (Å²) in [4.78, 5) is 2.88. The van der Waals surface area contributed by atoms with Crippen LogP contribution in [0.25, 0.3) is 0 Å². The second kappa shape index (κ2) is 5.41. The van der Waals surface area contributed by atoms with Crippen molar-refractivity contribution >= 4 is 56.9 Å². The molecule has 0 aliphatic heterocycles. The van der Waals surface area contributed by atoms with E-state index in [1.54, 1.807) is 0 Å². The topological polar surface area (TPSA) is 0 Å². The normalized spacial score (nSPS) is 21.0. The lowest BCUT2D eigenvalue weighted by Crippen LogP contribution is -2.00. The molecule has 4 rings (SSSR count). The fourth-order valence-electron chi connectivity index (χ4n) is 2.73. The Kier molecular flexibility index (Phi) is 3.82. The Morgan fingerprint density at radius 1 is 0.667 bits per heavy atom. The molecule has 21 heavy (non-hydrogen) atoms. The number of alkyl halides is 2. The molecule has 0 spiro atoms. The summed E-state index contributed by atoms with van der Waals surface area (Å²) in [5, 5.41) is 0. The van der Waals surface area contributed by atoms with Crippen LogP contribution in [0.4, 0.5) is 0 Å². The van der Waals surface area contributed by atoms with Gasteiger partial charge < -0.3 is 0 Å². The Bertz CT molecular complexity index is 628. The average Bonchev–Trinajstić information content (AvgIpc) is 3.41. The molecular weight excluding hydrogens is 502 g/mol. The molecule has 0 saturated heterocycles. The number of hydrogen-bond acceptors (Lipinski definition) is 1. The standard InChI is InChI=1S/C18H16I2S/c19-17(9-10-17)13-5-1-3-7-15(13)21-16-8-4-2-6-14(16)18(20)11-12-18/h1-8H,9-12H2. The maximum atomic E-state index is 2.64. The van der Waals surface area contributed by atoms with Crippen LogP contribution in [0.15, 0.2) is 58.3 Å². The maximum absolute atomic E-state index is 2.64. The van der Waals surface area contributed by atoms with E-state index < -0.39 is 0 Å². The molecule has 2 fully saturated rings. The van der Waals surface area contributed by atoms with Crippen molar-refractivity contribution in [1.29, 1.82) is 0 Å². The lowest BCUT2D eigenvalue weighted by Gasteiger charge is -2.17. The van der Waals surface area contributed by atoms with Gasteiger partial charge in [-0.1, -0.05) is 93.3 Å². The first-order valence-corrected chi connectivity index (χ1v) is 10.3. The van der Waals surface area contributed by atoms with Crippen LogP contribution < -0.4 is 0 Å². The molecule has 3 heteroatoms. The third kappa shape index (κ3) is 2.90. The van der Waals surface area contributed by atoms with E-state index in [-0.39, 0.29) is 0 Å². The highest BCUT2D eigenvalue weighted by Gasteiger charge is 2.44. The van der Waals surface area contributed by atoms with Gasteiger partial charge in [-0.25, -0.2) is 0 Å². The third-order valence-electron chi connectivity index (χ3n) is 4.34. The number of halogens is 2. The van der Waals surface area contributed by atoms with Crippen LogP contribution in [-0.4, -0.2) is 0 Å².